The maximum Gasteiger partial charge on any atom is 0.263 e. The summed E-state index contributed by atoms with van der Waals surface area (Å²) in [7, 11) is 0. The largest absolute Gasteiger partial charge is 0.381 e. The summed E-state index contributed by atoms with van der Waals surface area (Å²) in [5, 5.41) is 14.9. The highest BCUT2D eigenvalue weighted by Gasteiger charge is 2.08. The van der Waals surface area contributed by atoms with Gasteiger partial charge in [0.05, 0.1) is 0 Å². The smallest absolute Gasteiger partial charge is 0.263 e. The number of nitrogens with zero attached hydrogens (tertiary/aromatic N) is 1. The zero-order valence-corrected chi connectivity index (χ0v) is 14.8. The van der Waals surface area contributed by atoms with Gasteiger partial charge < -0.3 is 15.4 Å². The summed E-state index contributed by atoms with van der Waals surface area (Å²) in [6.07, 6.45) is 4.35. The Bertz CT molecular complexity index is 603. The lowest BCUT2D eigenvalue weighted by molar-refractivity contribution is -0.117. The Morgan fingerprint density at radius 2 is 2.04 bits per heavy atom. The highest BCUT2D eigenvalue weighted by Crippen LogP contribution is 2.16. The number of hydrogen-bond donors (Lipinski definition) is 2. The Hall–Kier alpha value is -2.32. The molecule has 0 unspecified atom stereocenters. The topological polar surface area (TPSA) is 74.1 Å². The number of carbonyl (C=O) groups is 1. The standard InChI is InChI=1S/C19H27N3O2/c1-4-5-10-24-11-6-9-21-19(23)17(13-20)14-22-18-12-15(2)7-8-16(18)3/h7-8,12,14,22H,4-6,9-11H2,1-3H3,(H,21,23)/b17-14-. The summed E-state index contributed by atoms with van der Waals surface area (Å²) in [4.78, 5) is 12.0. The average molecular weight is 329 g/mol. The lowest BCUT2D eigenvalue weighted by atomic mass is 10.1. The monoisotopic (exact) mass is 329 g/mol. The first-order valence-electron chi connectivity index (χ1n) is 8.38. The minimum absolute atomic E-state index is 0.0582. The highest BCUT2D eigenvalue weighted by molar-refractivity contribution is 5.97. The molecule has 24 heavy (non-hydrogen) atoms. The van der Waals surface area contributed by atoms with Crippen LogP contribution in [0.4, 0.5) is 5.69 Å². The second-order valence-electron chi connectivity index (χ2n) is 5.71. The van der Waals surface area contributed by atoms with Crippen molar-refractivity contribution in [2.45, 2.75) is 40.0 Å². The number of benzene rings is 1. The molecule has 5 nitrogen and oxygen atoms in total. The number of nitrogens with one attached hydrogen (secondary N) is 2. The van der Waals surface area contributed by atoms with Gasteiger partial charge in [-0.15, -0.1) is 0 Å². The number of nitriles is 1. The molecule has 0 heterocycles. The van der Waals surface area contributed by atoms with Crippen molar-refractivity contribution in [1.29, 1.82) is 5.26 Å². The zero-order valence-electron chi connectivity index (χ0n) is 14.8. The summed E-state index contributed by atoms with van der Waals surface area (Å²) >= 11 is 0. The van der Waals surface area contributed by atoms with E-state index < -0.39 is 0 Å². The van der Waals surface area contributed by atoms with E-state index in [1.807, 2.05) is 38.1 Å². The molecule has 130 valence electrons. The third-order valence-corrected chi connectivity index (χ3v) is 3.52. The van der Waals surface area contributed by atoms with Crippen molar-refractivity contribution in [3.05, 3.63) is 41.1 Å². The van der Waals surface area contributed by atoms with Crippen molar-refractivity contribution in [3.8, 4) is 6.07 Å². The lowest BCUT2D eigenvalue weighted by Gasteiger charge is -2.08. The van der Waals surface area contributed by atoms with Crippen LogP contribution >= 0.6 is 0 Å². The quantitative estimate of drug-likeness (QED) is 0.392. The molecule has 0 aliphatic carbocycles. The Kier molecular flexibility index (Phi) is 9.25. The van der Waals surface area contributed by atoms with E-state index in [2.05, 4.69) is 17.6 Å². The molecule has 2 N–H and O–H groups in total. The minimum Gasteiger partial charge on any atom is -0.381 e. The summed E-state index contributed by atoms with van der Waals surface area (Å²) in [5.74, 6) is -0.371. The van der Waals surface area contributed by atoms with Crippen LogP contribution in [-0.2, 0) is 9.53 Å². The van der Waals surface area contributed by atoms with Crippen LogP contribution in [0.2, 0.25) is 0 Å². The molecular weight excluding hydrogens is 302 g/mol. The fraction of sp³-hybridized carbons (Fsp3) is 0.474. The second kappa shape index (κ2) is 11.3. The second-order valence-corrected chi connectivity index (χ2v) is 5.71. The molecule has 0 aliphatic rings. The van der Waals surface area contributed by atoms with E-state index in [1.165, 1.54) is 6.20 Å². The molecule has 5 heteroatoms. The number of rotatable bonds is 10. The van der Waals surface area contributed by atoms with Gasteiger partial charge in [0.1, 0.15) is 11.6 Å². The van der Waals surface area contributed by atoms with Gasteiger partial charge in [0.25, 0.3) is 5.91 Å². The fourth-order valence-corrected chi connectivity index (χ4v) is 2.01. The van der Waals surface area contributed by atoms with Crippen LogP contribution < -0.4 is 10.6 Å². The number of carbonyl (C=O) groups excluding carboxylic acids is 1. The Balaban J connectivity index is 2.43. The number of ether oxygens (including phenoxy) is 1. The molecule has 1 aromatic carbocycles. The van der Waals surface area contributed by atoms with Crippen molar-refractivity contribution in [1.82, 2.24) is 5.32 Å². The van der Waals surface area contributed by atoms with Crippen LogP contribution in [0.15, 0.2) is 30.0 Å². The van der Waals surface area contributed by atoms with Crippen LogP contribution in [0.25, 0.3) is 0 Å². The normalized spacial score (nSPS) is 11.0. The van der Waals surface area contributed by atoms with Crippen LogP contribution in [0, 0.1) is 25.2 Å². The van der Waals surface area contributed by atoms with E-state index in [4.69, 9.17) is 10.00 Å². The van der Waals surface area contributed by atoms with Crippen LogP contribution in [0.1, 0.15) is 37.3 Å². The maximum atomic E-state index is 12.0. The van der Waals surface area contributed by atoms with E-state index in [-0.39, 0.29) is 11.5 Å². The van der Waals surface area contributed by atoms with Gasteiger partial charge in [-0.25, -0.2) is 0 Å². The molecule has 0 radical (unpaired) electrons. The van der Waals surface area contributed by atoms with E-state index in [0.29, 0.717) is 13.2 Å². The molecule has 0 aromatic heterocycles. The number of unbranched alkanes of at least 4 members (excludes halogenated alkanes) is 1. The Morgan fingerprint density at radius 1 is 1.29 bits per heavy atom. The van der Waals surface area contributed by atoms with Crippen molar-refractivity contribution < 1.29 is 9.53 Å². The molecule has 0 bridgehead atoms. The van der Waals surface area contributed by atoms with Crippen molar-refractivity contribution in [2.75, 3.05) is 25.1 Å². The van der Waals surface area contributed by atoms with Crippen molar-refractivity contribution in [3.63, 3.8) is 0 Å². The van der Waals surface area contributed by atoms with Gasteiger partial charge in [-0.3, -0.25) is 4.79 Å². The molecular formula is C19H27N3O2. The average Bonchev–Trinajstić information content (AvgIpc) is 2.57. The summed E-state index contributed by atoms with van der Waals surface area (Å²) in [6, 6.07) is 7.92. The van der Waals surface area contributed by atoms with E-state index in [1.54, 1.807) is 0 Å². The van der Waals surface area contributed by atoms with Crippen molar-refractivity contribution >= 4 is 11.6 Å². The van der Waals surface area contributed by atoms with Gasteiger partial charge in [0.15, 0.2) is 0 Å². The predicted octanol–water partition coefficient (Wildman–Crippen LogP) is 3.45. The van der Waals surface area contributed by atoms with Gasteiger partial charge in [0, 0.05) is 31.6 Å². The third-order valence-electron chi connectivity index (χ3n) is 3.52. The van der Waals surface area contributed by atoms with Gasteiger partial charge >= 0.3 is 0 Å². The first-order valence-corrected chi connectivity index (χ1v) is 8.38. The number of amides is 1. The highest BCUT2D eigenvalue weighted by atomic mass is 16.5. The van der Waals surface area contributed by atoms with E-state index >= 15 is 0 Å². The Morgan fingerprint density at radius 3 is 2.75 bits per heavy atom. The fourth-order valence-electron chi connectivity index (χ4n) is 2.01. The van der Waals surface area contributed by atoms with Gasteiger partial charge in [0.2, 0.25) is 0 Å². The first kappa shape index (κ1) is 19.7. The minimum atomic E-state index is -0.371. The molecule has 0 saturated heterocycles. The van der Waals surface area contributed by atoms with Gasteiger partial charge in [-0.2, -0.15) is 5.26 Å². The van der Waals surface area contributed by atoms with Gasteiger partial charge in [-0.05, 0) is 43.9 Å². The van der Waals surface area contributed by atoms with E-state index in [9.17, 15) is 4.79 Å². The summed E-state index contributed by atoms with van der Waals surface area (Å²) in [6.45, 7) is 7.95. The first-order chi connectivity index (χ1) is 11.6. The molecule has 1 aromatic rings. The molecule has 1 rings (SSSR count). The number of hydrogen-bond acceptors (Lipinski definition) is 4. The van der Waals surface area contributed by atoms with Gasteiger partial charge in [-0.1, -0.05) is 25.5 Å². The molecule has 0 spiro atoms. The zero-order chi connectivity index (χ0) is 17.8. The van der Waals surface area contributed by atoms with Crippen LogP contribution in [0.3, 0.4) is 0 Å². The molecule has 1 amide bonds. The number of aryl methyl sites for hydroxylation is 2. The molecule has 0 aliphatic heterocycles. The van der Waals surface area contributed by atoms with Crippen molar-refractivity contribution in [2.24, 2.45) is 0 Å². The summed E-state index contributed by atoms with van der Waals surface area (Å²) < 4.78 is 5.43. The lowest BCUT2D eigenvalue weighted by Crippen LogP contribution is -2.26. The summed E-state index contributed by atoms with van der Waals surface area (Å²) in [5.41, 5.74) is 3.11. The Labute approximate surface area is 144 Å². The predicted molar refractivity (Wildman–Crippen MR) is 96.6 cm³/mol. The van der Waals surface area contributed by atoms with Crippen LogP contribution in [0.5, 0.6) is 0 Å². The molecule has 0 fully saturated rings. The SMILES string of the molecule is CCCCOCCCNC(=O)/C(C#N)=C\Nc1cc(C)ccc1C. The molecule has 0 atom stereocenters. The third kappa shape index (κ3) is 7.30. The maximum absolute atomic E-state index is 12.0. The molecule has 0 saturated carbocycles. The number of anilines is 1. The van der Waals surface area contributed by atoms with E-state index in [0.717, 1.165) is 42.7 Å². The van der Waals surface area contributed by atoms with Crippen LogP contribution in [-0.4, -0.2) is 25.7 Å².